The first kappa shape index (κ1) is 20.5. The third-order valence-corrected chi connectivity index (χ3v) is 5.11. The van der Waals surface area contributed by atoms with Gasteiger partial charge in [-0.3, -0.25) is 4.79 Å². The smallest absolute Gasteiger partial charge is 0.274 e. The molecule has 1 aliphatic rings. The molecule has 8 heteroatoms. The van der Waals surface area contributed by atoms with Gasteiger partial charge < -0.3 is 14.6 Å². The van der Waals surface area contributed by atoms with Gasteiger partial charge in [0.2, 0.25) is 0 Å². The highest BCUT2D eigenvalue weighted by molar-refractivity contribution is 6.30. The average molecular weight is 421 g/mol. The monoisotopic (exact) mass is 420 g/mol. The summed E-state index contributed by atoms with van der Waals surface area (Å²) in [5.74, 6) is 0.580. The molecule has 0 spiro atoms. The minimum atomic E-state index is -0.0662. The molecule has 0 radical (unpaired) electrons. The summed E-state index contributed by atoms with van der Waals surface area (Å²) in [6.45, 7) is 1.44. The van der Waals surface area contributed by atoms with Gasteiger partial charge in [-0.15, -0.1) is 12.4 Å². The van der Waals surface area contributed by atoms with Crippen molar-refractivity contribution in [1.82, 2.24) is 20.0 Å². The Labute approximate surface area is 174 Å². The van der Waals surface area contributed by atoms with Gasteiger partial charge in [0.15, 0.2) is 11.5 Å². The van der Waals surface area contributed by atoms with Crippen LogP contribution in [0.3, 0.4) is 0 Å². The van der Waals surface area contributed by atoms with Crippen molar-refractivity contribution in [1.29, 1.82) is 0 Å². The number of piperidine rings is 1. The van der Waals surface area contributed by atoms with Crippen molar-refractivity contribution in [2.75, 3.05) is 20.1 Å². The minimum absolute atomic E-state index is 0. The predicted octanol–water partition coefficient (Wildman–Crippen LogP) is 4.03. The van der Waals surface area contributed by atoms with E-state index in [1.54, 1.807) is 23.1 Å². The molecule has 1 aliphatic heterocycles. The number of amides is 1. The standard InChI is InChI=1S/C20H21ClN4O2.ClH/c1-22-15-6-3-9-24(13-15)20(26)17-12-18(19-8-4-10-27-19)25(23-17)16-7-2-5-14(21)11-16;/h2,4-5,7-8,10-12,15,22H,3,6,9,13H2,1H3;1H. The number of carbonyl (C=O) groups excluding carboxylic acids is 1. The number of likely N-dealkylation sites (N-methyl/N-ethyl adjacent to an activating group) is 1. The number of nitrogens with zero attached hydrogens (tertiary/aromatic N) is 3. The normalized spacial score (nSPS) is 16.6. The number of aromatic nitrogens is 2. The summed E-state index contributed by atoms with van der Waals surface area (Å²) in [5, 5.41) is 8.46. The molecule has 1 aromatic carbocycles. The van der Waals surface area contributed by atoms with Crippen LogP contribution in [0, 0.1) is 0 Å². The molecule has 1 unspecified atom stereocenters. The zero-order valence-electron chi connectivity index (χ0n) is 15.5. The summed E-state index contributed by atoms with van der Waals surface area (Å²) >= 11 is 6.15. The van der Waals surface area contributed by atoms with Crippen LogP contribution in [-0.2, 0) is 0 Å². The summed E-state index contributed by atoms with van der Waals surface area (Å²) in [6, 6.07) is 13.1. The Morgan fingerprint density at radius 1 is 1.29 bits per heavy atom. The van der Waals surface area contributed by atoms with E-state index in [4.69, 9.17) is 16.0 Å². The molecule has 0 aliphatic carbocycles. The van der Waals surface area contributed by atoms with E-state index < -0.39 is 0 Å². The predicted molar refractivity (Wildman–Crippen MR) is 112 cm³/mol. The summed E-state index contributed by atoms with van der Waals surface area (Å²) in [7, 11) is 1.93. The van der Waals surface area contributed by atoms with Crippen molar-refractivity contribution < 1.29 is 9.21 Å². The second kappa shape index (κ2) is 8.82. The van der Waals surface area contributed by atoms with Gasteiger partial charge >= 0.3 is 0 Å². The molecule has 1 saturated heterocycles. The Balaban J connectivity index is 0.00000225. The summed E-state index contributed by atoms with van der Waals surface area (Å²) < 4.78 is 7.26. The molecule has 4 rings (SSSR count). The van der Waals surface area contributed by atoms with Crippen molar-refractivity contribution in [3.63, 3.8) is 0 Å². The van der Waals surface area contributed by atoms with Crippen molar-refractivity contribution in [2.45, 2.75) is 18.9 Å². The van der Waals surface area contributed by atoms with Crippen molar-refractivity contribution in [2.24, 2.45) is 0 Å². The zero-order chi connectivity index (χ0) is 18.8. The van der Waals surface area contributed by atoms with Crippen LogP contribution < -0.4 is 5.32 Å². The van der Waals surface area contributed by atoms with Crippen LogP contribution in [0.2, 0.25) is 5.02 Å². The van der Waals surface area contributed by atoms with E-state index in [2.05, 4.69) is 10.4 Å². The first-order valence-corrected chi connectivity index (χ1v) is 9.40. The van der Waals surface area contributed by atoms with Gasteiger partial charge in [0.1, 0.15) is 5.69 Å². The Hall–Kier alpha value is -2.28. The van der Waals surface area contributed by atoms with Crippen molar-refractivity contribution in [3.05, 3.63) is 59.4 Å². The summed E-state index contributed by atoms with van der Waals surface area (Å²) in [5.41, 5.74) is 1.89. The Bertz CT molecular complexity index is 940. The fraction of sp³-hybridized carbons (Fsp3) is 0.300. The van der Waals surface area contributed by atoms with E-state index in [0.717, 1.165) is 25.1 Å². The topological polar surface area (TPSA) is 63.3 Å². The molecule has 0 bridgehead atoms. The van der Waals surface area contributed by atoms with E-state index in [0.29, 0.717) is 34.8 Å². The maximum Gasteiger partial charge on any atom is 0.274 e. The fourth-order valence-corrected chi connectivity index (χ4v) is 3.63. The molecular formula is C20H22Cl2N4O2. The Morgan fingerprint density at radius 2 is 2.14 bits per heavy atom. The lowest BCUT2D eigenvalue weighted by Crippen LogP contribution is -2.47. The van der Waals surface area contributed by atoms with E-state index >= 15 is 0 Å². The van der Waals surface area contributed by atoms with E-state index in [-0.39, 0.29) is 18.3 Å². The van der Waals surface area contributed by atoms with E-state index in [9.17, 15) is 4.79 Å². The molecule has 148 valence electrons. The number of furan rings is 1. The van der Waals surface area contributed by atoms with Crippen LogP contribution in [0.15, 0.2) is 53.1 Å². The summed E-state index contributed by atoms with van der Waals surface area (Å²) in [4.78, 5) is 14.9. The van der Waals surface area contributed by atoms with Crippen LogP contribution in [-0.4, -0.2) is 46.8 Å². The van der Waals surface area contributed by atoms with Crippen LogP contribution >= 0.6 is 24.0 Å². The Kier molecular flexibility index (Phi) is 6.44. The van der Waals surface area contributed by atoms with Crippen molar-refractivity contribution >= 4 is 29.9 Å². The largest absolute Gasteiger partial charge is 0.463 e. The van der Waals surface area contributed by atoms with E-state index in [1.165, 1.54) is 0 Å². The van der Waals surface area contributed by atoms with Crippen LogP contribution in [0.25, 0.3) is 17.1 Å². The highest BCUT2D eigenvalue weighted by Gasteiger charge is 2.27. The van der Waals surface area contributed by atoms with Gasteiger partial charge in [-0.25, -0.2) is 4.68 Å². The highest BCUT2D eigenvalue weighted by atomic mass is 35.5. The lowest BCUT2D eigenvalue weighted by atomic mass is 10.1. The van der Waals surface area contributed by atoms with Gasteiger partial charge in [-0.05, 0) is 50.2 Å². The summed E-state index contributed by atoms with van der Waals surface area (Å²) in [6.07, 6.45) is 3.67. The zero-order valence-corrected chi connectivity index (χ0v) is 17.0. The number of likely N-dealkylation sites (tertiary alicyclic amines) is 1. The number of rotatable bonds is 4. The van der Waals surface area contributed by atoms with E-state index in [1.807, 2.05) is 42.3 Å². The lowest BCUT2D eigenvalue weighted by molar-refractivity contribution is 0.0691. The molecular weight excluding hydrogens is 399 g/mol. The average Bonchev–Trinajstić information content (AvgIpc) is 3.37. The number of hydrogen-bond donors (Lipinski definition) is 1. The Morgan fingerprint density at radius 3 is 2.86 bits per heavy atom. The molecule has 1 fully saturated rings. The number of halogens is 2. The quantitative estimate of drug-likeness (QED) is 0.691. The van der Waals surface area contributed by atoms with Gasteiger partial charge in [0.25, 0.3) is 5.91 Å². The minimum Gasteiger partial charge on any atom is -0.463 e. The van der Waals surface area contributed by atoms with Crippen LogP contribution in [0.1, 0.15) is 23.3 Å². The number of nitrogens with one attached hydrogen (secondary N) is 1. The fourth-order valence-electron chi connectivity index (χ4n) is 3.45. The second-order valence-corrected chi connectivity index (χ2v) is 7.10. The third kappa shape index (κ3) is 4.09. The number of hydrogen-bond acceptors (Lipinski definition) is 4. The SMILES string of the molecule is CNC1CCCN(C(=O)c2cc(-c3ccco3)n(-c3cccc(Cl)c3)n2)C1.Cl. The maximum atomic E-state index is 13.1. The lowest BCUT2D eigenvalue weighted by Gasteiger charge is -2.32. The van der Waals surface area contributed by atoms with Crippen LogP contribution in [0.5, 0.6) is 0 Å². The first-order chi connectivity index (χ1) is 13.2. The number of benzene rings is 1. The van der Waals surface area contributed by atoms with Gasteiger partial charge in [0.05, 0.1) is 12.0 Å². The molecule has 1 atom stereocenters. The third-order valence-electron chi connectivity index (χ3n) is 4.87. The van der Waals surface area contributed by atoms with Crippen molar-refractivity contribution in [3.8, 4) is 17.1 Å². The van der Waals surface area contributed by atoms with Gasteiger partial charge in [-0.2, -0.15) is 5.10 Å². The molecule has 1 N–H and O–H groups in total. The molecule has 28 heavy (non-hydrogen) atoms. The molecule has 6 nitrogen and oxygen atoms in total. The molecule has 0 saturated carbocycles. The highest BCUT2D eigenvalue weighted by Crippen LogP contribution is 2.26. The second-order valence-electron chi connectivity index (χ2n) is 6.66. The van der Waals surface area contributed by atoms with Gasteiger partial charge in [-0.1, -0.05) is 17.7 Å². The number of carbonyl (C=O) groups is 1. The molecule has 3 heterocycles. The first-order valence-electron chi connectivity index (χ1n) is 9.02. The molecule has 1 amide bonds. The van der Waals surface area contributed by atoms with Gasteiger partial charge in [0, 0.05) is 30.2 Å². The molecule has 2 aromatic heterocycles. The van der Waals surface area contributed by atoms with Crippen LogP contribution in [0.4, 0.5) is 0 Å². The maximum absolute atomic E-state index is 13.1. The molecule has 3 aromatic rings.